The second-order valence-corrected chi connectivity index (χ2v) is 5.42. The molecule has 0 saturated heterocycles. The molecule has 3 nitrogen and oxygen atoms in total. The van der Waals surface area contributed by atoms with E-state index in [-0.39, 0.29) is 37.5 Å². The Bertz CT molecular complexity index is 479. The molecule has 1 aromatic rings. The molecule has 110 valence electrons. The largest absolute Gasteiger partial charge is 0.389 e. The van der Waals surface area contributed by atoms with Gasteiger partial charge in [-0.05, 0) is 37.5 Å². The molecule has 1 unspecified atom stereocenters. The van der Waals surface area contributed by atoms with E-state index in [1.165, 1.54) is 0 Å². The number of aliphatic hydroxyl groups excluding tert-OH is 1. The third-order valence-corrected chi connectivity index (χ3v) is 3.72. The van der Waals surface area contributed by atoms with Crippen molar-refractivity contribution in [1.82, 2.24) is 0 Å². The van der Waals surface area contributed by atoms with Gasteiger partial charge in [0.25, 0.3) is 0 Å². The van der Waals surface area contributed by atoms with E-state index in [0.29, 0.717) is 11.3 Å². The predicted octanol–water partition coefficient (Wildman–Crippen LogP) is 3.50. The standard InChI is InChI=1S/C15H19F2NO2/c1-10(19)12-3-2-4-13(9-12)18-14(20)11-5-7-15(16,17)8-6-11/h2-4,9-11,19H,5-8H2,1H3,(H,18,20). The molecular weight excluding hydrogens is 264 g/mol. The first-order valence-corrected chi connectivity index (χ1v) is 6.84. The highest BCUT2D eigenvalue weighted by Gasteiger charge is 2.37. The Kier molecular flexibility index (Phi) is 4.38. The van der Waals surface area contributed by atoms with Crippen molar-refractivity contribution in [1.29, 1.82) is 0 Å². The van der Waals surface area contributed by atoms with E-state index in [9.17, 15) is 18.7 Å². The number of hydrogen-bond acceptors (Lipinski definition) is 2. The molecule has 2 N–H and O–H groups in total. The SMILES string of the molecule is CC(O)c1cccc(NC(=O)C2CCC(F)(F)CC2)c1. The van der Waals surface area contributed by atoms with E-state index in [1.54, 1.807) is 31.2 Å². The third-order valence-electron chi connectivity index (χ3n) is 3.72. The van der Waals surface area contributed by atoms with Crippen LogP contribution in [0.2, 0.25) is 0 Å². The maximum absolute atomic E-state index is 13.1. The van der Waals surface area contributed by atoms with E-state index in [4.69, 9.17) is 0 Å². The van der Waals surface area contributed by atoms with Gasteiger partial charge in [0.15, 0.2) is 0 Å². The second-order valence-electron chi connectivity index (χ2n) is 5.42. The maximum atomic E-state index is 13.1. The van der Waals surface area contributed by atoms with Gasteiger partial charge in [-0.1, -0.05) is 12.1 Å². The minimum Gasteiger partial charge on any atom is -0.389 e. The molecule has 0 aliphatic heterocycles. The zero-order chi connectivity index (χ0) is 14.8. The number of nitrogens with one attached hydrogen (secondary N) is 1. The van der Waals surface area contributed by atoms with E-state index in [1.807, 2.05) is 0 Å². The van der Waals surface area contributed by atoms with Gasteiger partial charge in [0, 0.05) is 24.4 Å². The average Bonchev–Trinajstić information content (AvgIpc) is 2.38. The minimum absolute atomic E-state index is 0.217. The third kappa shape index (κ3) is 3.76. The van der Waals surface area contributed by atoms with Crippen LogP contribution in [0.25, 0.3) is 0 Å². The van der Waals surface area contributed by atoms with Crippen molar-refractivity contribution >= 4 is 11.6 Å². The molecule has 0 spiro atoms. The second kappa shape index (κ2) is 5.87. The molecule has 1 saturated carbocycles. The number of alkyl halides is 2. The maximum Gasteiger partial charge on any atom is 0.248 e. The summed E-state index contributed by atoms with van der Waals surface area (Å²) in [5.41, 5.74) is 1.30. The van der Waals surface area contributed by atoms with Gasteiger partial charge in [-0.15, -0.1) is 0 Å². The number of carbonyl (C=O) groups is 1. The summed E-state index contributed by atoms with van der Waals surface area (Å²) in [6.45, 7) is 1.64. The molecule has 1 atom stereocenters. The first-order chi connectivity index (χ1) is 9.37. The van der Waals surface area contributed by atoms with Crippen molar-refractivity contribution in [3.63, 3.8) is 0 Å². The monoisotopic (exact) mass is 283 g/mol. The molecule has 1 fully saturated rings. The predicted molar refractivity (Wildman–Crippen MR) is 72.6 cm³/mol. The van der Waals surface area contributed by atoms with Gasteiger partial charge in [0.1, 0.15) is 0 Å². The summed E-state index contributed by atoms with van der Waals surface area (Å²) in [6, 6.07) is 6.93. The van der Waals surface area contributed by atoms with Crippen LogP contribution in [0, 0.1) is 5.92 Å². The van der Waals surface area contributed by atoms with Gasteiger partial charge in [-0.2, -0.15) is 0 Å². The summed E-state index contributed by atoms with van der Waals surface area (Å²) in [7, 11) is 0. The van der Waals surface area contributed by atoms with Crippen LogP contribution in [0.5, 0.6) is 0 Å². The highest BCUT2D eigenvalue weighted by atomic mass is 19.3. The number of rotatable bonds is 3. The van der Waals surface area contributed by atoms with Gasteiger partial charge in [0.05, 0.1) is 6.10 Å². The fourth-order valence-electron chi connectivity index (χ4n) is 2.42. The molecule has 5 heteroatoms. The fraction of sp³-hybridized carbons (Fsp3) is 0.533. The van der Waals surface area contributed by atoms with Crippen molar-refractivity contribution in [3.8, 4) is 0 Å². The summed E-state index contributed by atoms with van der Waals surface area (Å²) in [5, 5.41) is 12.2. The summed E-state index contributed by atoms with van der Waals surface area (Å²) in [5.74, 6) is -3.20. The Hall–Kier alpha value is -1.49. The lowest BCUT2D eigenvalue weighted by Gasteiger charge is -2.27. The summed E-state index contributed by atoms with van der Waals surface area (Å²) in [4.78, 5) is 12.0. The molecule has 0 heterocycles. The van der Waals surface area contributed by atoms with Crippen molar-refractivity contribution in [2.45, 2.75) is 44.6 Å². The van der Waals surface area contributed by atoms with Crippen LogP contribution in [0.3, 0.4) is 0 Å². The van der Waals surface area contributed by atoms with Gasteiger partial charge < -0.3 is 10.4 Å². The van der Waals surface area contributed by atoms with Gasteiger partial charge in [-0.25, -0.2) is 8.78 Å². The molecule has 1 aliphatic rings. The quantitative estimate of drug-likeness (QED) is 0.892. The first kappa shape index (κ1) is 14.9. The van der Waals surface area contributed by atoms with Crippen molar-refractivity contribution < 1.29 is 18.7 Å². The molecule has 2 rings (SSSR count). The van der Waals surface area contributed by atoms with E-state index in [0.717, 1.165) is 0 Å². The molecule has 1 aliphatic carbocycles. The average molecular weight is 283 g/mol. The van der Waals surface area contributed by atoms with Crippen molar-refractivity contribution in [2.24, 2.45) is 5.92 Å². The summed E-state index contributed by atoms with van der Waals surface area (Å²) < 4.78 is 26.1. The zero-order valence-electron chi connectivity index (χ0n) is 11.4. The Morgan fingerprint density at radius 2 is 2.05 bits per heavy atom. The number of anilines is 1. The molecule has 20 heavy (non-hydrogen) atoms. The highest BCUT2D eigenvalue weighted by molar-refractivity contribution is 5.92. The lowest BCUT2D eigenvalue weighted by Crippen LogP contribution is -2.31. The number of aliphatic hydroxyl groups is 1. The van der Waals surface area contributed by atoms with Crippen LogP contribution in [0.4, 0.5) is 14.5 Å². The normalized spacial score (nSPS) is 20.4. The molecule has 0 bridgehead atoms. The topological polar surface area (TPSA) is 49.3 Å². The van der Waals surface area contributed by atoms with E-state index < -0.39 is 12.0 Å². The van der Waals surface area contributed by atoms with Gasteiger partial charge >= 0.3 is 0 Å². The Labute approximate surface area is 117 Å². The van der Waals surface area contributed by atoms with Crippen LogP contribution in [-0.2, 0) is 4.79 Å². The smallest absolute Gasteiger partial charge is 0.248 e. The summed E-state index contributed by atoms with van der Waals surface area (Å²) >= 11 is 0. The minimum atomic E-state index is -2.62. The molecule has 0 radical (unpaired) electrons. The zero-order valence-corrected chi connectivity index (χ0v) is 11.4. The first-order valence-electron chi connectivity index (χ1n) is 6.84. The van der Waals surface area contributed by atoms with Crippen molar-refractivity contribution in [3.05, 3.63) is 29.8 Å². The van der Waals surface area contributed by atoms with Crippen LogP contribution < -0.4 is 5.32 Å². The van der Waals surface area contributed by atoms with Crippen LogP contribution in [0.15, 0.2) is 24.3 Å². The fourth-order valence-corrected chi connectivity index (χ4v) is 2.42. The van der Waals surface area contributed by atoms with E-state index in [2.05, 4.69) is 5.32 Å². The number of amides is 1. The Balaban J connectivity index is 1.96. The van der Waals surface area contributed by atoms with Crippen molar-refractivity contribution in [2.75, 3.05) is 5.32 Å². The van der Waals surface area contributed by atoms with Crippen LogP contribution in [-0.4, -0.2) is 16.9 Å². The number of benzene rings is 1. The van der Waals surface area contributed by atoms with Crippen LogP contribution >= 0.6 is 0 Å². The Morgan fingerprint density at radius 3 is 2.65 bits per heavy atom. The number of hydrogen-bond donors (Lipinski definition) is 2. The molecular formula is C15H19F2NO2. The van der Waals surface area contributed by atoms with Gasteiger partial charge in [-0.3, -0.25) is 4.79 Å². The van der Waals surface area contributed by atoms with Crippen LogP contribution in [0.1, 0.15) is 44.3 Å². The molecule has 0 aromatic heterocycles. The molecule has 1 amide bonds. The number of halogens is 2. The van der Waals surface area contributed by atoms with Gasteiger partial charge in [0.2, 0.25) is 11.8 Å². The number of carbonyl (C=O) groups excluding carboxylic acids is 1. The van der Waals surface area contributed by atoms with E-state index >= 15 is 0 Å². The lowest BCUT2D eigenvalue weighted by atomic mass is 9.86. The Morgan fingerprint density at radius 1 is 1.40 bits per heavy atom. The summed E-state index contributed by atoms with van der Waals surface area (Å²) in [6.07, 6.45) is -0.623. The molecule has 1 aromatic carbocycles. The highest BCUT2D eigenvalue weighted by Crippen LogP contribution is 2.36. The lowest BCUT2D eigenvalue weighted by molar-refractivity contribution is -0.124.